The molecule has 0 aromatic carbocycles. The molecule has 0 unspecified atom stereocenters. The van der Waals surface area contributed by atoms with Gasteiger partial charge in [-0.3, -0.25) is 4.90 Å². The molecule has 2 rings (SSSR count). The maximum Gasteiger partial charge on any atom is 0.0283 e. The van der Waals surface area contributed by atoms with E-state index in [0.717, 1.165) is 6.54 Å². The van der Waals surface area contributed by atoms with Crippen LogP contribution in [0.2, 0.25) is 0 Å². The second kappa shape index (κ2) is 4.06. The molecule has 2 fully saturated rings. The first-order valence-electron chi connectivity index (χ1n) is 6.56. The van der Waals surface area contributed by atoms with Gasteiger partial charge in [-0.1, -0.05) is 19.3 Å². The largest absolute Gasteiger partial charge is 0.324 e. The van der Waals surface area contributed by atoms with Crippen LogP contribution in [0.1, 0.15) is 58.8 Å². The van der Waals surface area contributed by atoms with Crippen molar-refractivity contribution in [1.82, 2.24) is 4.90 Å². The summed E-state index contributed by atoms with van der Waals surface area (Å²) in [7, 11) is 0. The van der Waals surface area contributed by atoms with Gasteiger partial charge in [-0.05, 0) is 46.1 Å². The lowest BCUT2D eigenvalue weighted by atomic mass is 9.81. The van der Waals surface area contributed by atoms with Crippen molar-refractivity contribution >= 4 is 0 Å². The molecule has 0 amide bonds. The van der Waals surface area contributed by atoms with Crippen molar-refractivity contribution in [1.29, 1.82) is 0 Å². The summed E-state index contributed by atoms with van der Waals surface area (Å²) in [6.45, 7) is 7.12. The van der Waals surface area contributed by atoms with Crippen molar-refractivity contribution in [2.45, 2.75) is 69.9 Å². The van der Waals surface area contributed by atoms with Gasteiger partial charge in [0.1, 0.15) is 0 Å². The van der Waals surface area contributed by atoms with E-state index in [4.69, 9.17) is 5.73 Å². The molecule has 88 valence electrons. The molecule has 0 aromatic rings. The Morgan fingerprint density at radius 1 is 1.00 bits per heavy atom. The van der Waals surface area contributed by atoms with E-state index in [-0.39, 0.29) is 5.54 Å². The fourth-order valence-electron chi connectivity index (χ4n) is 3.25. The van der Waals surface area contributed by atoms with E-state index in [2.05, 4.69) is 18.7 Å². The molecule has 2 nitrogen and oxygen atoms in total. The van der Waals surface area contributed by atoms with Crippen LogP contribution in [0.25, 0.3) is 0 Å². The molecule has 0 bridgehead atoms. The summed E-state index contributed by atoms with van der Waals surface area (Å²) in [5, 5.41) is 0. The Hall–Kier alpha value is -0.0800. The van der Waals surface area contributed by atoms with Gasteiger partial charge in [-0.15, -0.1) is 0 Å². The highest BCUT2D eigenvalue weighted by Gasteiger charge is 2.37. The van der Waals surface area contributed by atoms with Crippen molar-refractivity contribution in [2.24, 2.45) is 5.73 Å². The first kappa shape index (κ1) is 11.4. The third kappa shape index (κ3) is 2.54. The smallest absolute Gasteiger partial charge is 0.0283 e. The Kier molecular flexibility index (Phi) is 3.09. The van der Waals surface area contributed by atoms with Crippen LogP contribution in [0, 0.1) is 0 Å². The van der Waals surface area contributed by atoms with Crippen LogP contribution < -0.4 is 5.73 Å². The number of hydrogen-bond acceptors (Lipinski definition) is 2. The first-order chi connectivity index (χ1) is 7.02. The number of likely N-dealkylation sites (tertiary alicyclic amines) is 1. The zero-order chi connectivity index (χ0) is 10.9. The van der Waals surface area contributed by atoms with Gasteiger partial charge in [0, 0.05) is 17.6 Å². The average Bonchev–Trinajstić information content (AvgIpc) is 2.46. The predicted molar refractivity (Wildman–Crippen MR) is 64.9 cm³/mol. The van der Waals surface area contributed by atoms with Gasteiger partial charge in [0.05, 0.1) is 0 Å². The van der Waals surface area contributed by atoms with E-state index in [1.165, 1.54) is 51.5 Å². The van der Waals surface area contributed by atoms with Crippen LogP contribution >= 0.6 is 0 Å². The molecule has 1 aliphatic heterocycles. The zero-order valence-electron chi connectivity index (χ0n) is 10.4. The predicted octanol–water partition coefficient (Wildman–Crippen LogP) is 2.52. The van der Waals surface area contributed by atoms with Crippen LogP contribution in [0.4, 0.5) is 0 Å². The van der Waals surface area contributed by atoms with E-state index in [9.17, 15) is 0 Å². The quantitative estimate of drug-likeness (QED) is 0.759. The highest BCUT2D eigenvalue weighted by molar-refractivity contribution is 4.96. The Morgan fingerprint density at radius 2 is 1.67 bits per heavy atom. The summed E-state index contributed by atoms with van der Waals surface area (Å²) >= 11 is 0. The fraction of sp³-hybridized carbons (Fsp3) is 1.00. The first-order valence-corrected chi connectivity index (χ1v) is 6.56. The Morgan fingerprint density at radius 3 is 2.20 bits per heavy atom. The lowest BCUT2D eigenvalue weighted by Crippen LogP contribution is -2.54. The van der Waals surface area contributed by atoms with Crippen LogP contribution in [0.3, 0.4) is 0 Å². The highest BCUT2D eigenvalue weighted by atomic mass is 15.2. The molecule has 0 aromatic heterocycles. The molecule has 0 radical (unpaired) electrons. The minimum Gasteiger partial charge on any atom is -0.324 e. The molecule has 15 heavy (non-hydrogen) atoms. The number of hydrogen-bond donors (Lipinski definition) is 1. The molecule has 1 aliphatic carbocycles. The summed E-state index contributed by atoms with van der Waals surface area (Å²) in [6.07, 6.45) is 9.23. The summed E-state index contributed by atoms with van der Waals surface area (Å²) < 4.78 is 0. The van der Waals surface area contributed by atoms with Crippen molar-refractivity contribution < 1.29 is 0 Å². The molecule has 0 atom stereocenters. The van der Waals surface area contributed by atoms with Crippen LogP contribution in [0.5, 0.6) is 0 Å². The van der Waals surface area contributed by atoms with Gasteiger partial charge < -0.3 is 5.73 Å². The number of nitrogens with two attached hydrogens (primary N) is 1. The number of nitrogens with zero attached hydrogens (tertiary/aromatic N) is 1. The summed E-state index contributed by atoms with van der Waals surface area (Å²) in [5.74, 6) is 0. The molecular weight excluding hydrogens is 184 g/mol. The monoisotopic (exact) mass is 210 g/mol. The van der Waals surface area contributed by atoms with E-state index < -0.39 is 0 Å². The fourth-order valence-corrected chi connectivity index (χ4v) is 3.25. The van der Waals surface area contributed by atoms with Crippen LogP contribution in [-0.4, -0.2) is 29.1 Å². The average molecular weight is 210 g/mol. The second-order valence-electron chi connectivity index (χ2n) is 6.26. The summed E-state index contributed by atoms with van der Waals surface area (Å²) in [5.41, 5.74) is 7.04. The second-order valence-corrected chi connectivity index (χ2v) is 6.26. The topological polar surface area (TPSA) is 29.3 Å². The van der Waals surface area contributed by atoms with Crippen molar-refractivity contribution in [3.63, 3.8) is 0 Å². The van der Waals surface area contributed by atoms with Gasteiger partial charge in [-0.25, -0.2) is 0 Å². The molecule has 2 N–H and O–H groups in total. The highest BCUT2D eigenvalue weighted by Crippen LogP contribution is 2.33. The third-order valence-electron chi connectivity index (χ3n) is 4.43. The zero-order valence-corrected chi connectivity index (χ0v) is 10.4. The normalized spacial score (nSPS) is 30.6. The molecular formula is C13H26N2. The molecule has 1 saturated carbocycles. The number of rotatable bonds is 2. The SMILES string of the molecule is CC1(C)CCCN1CC1(N)CCCCC1. The van der Waals surface area contributed by atoms with E-state index in [1.54, 1.807) is 0 Å². The molecule has 1 saturated heterocycles. The van der Waals surface area contributed by atoms with Crippen molar-refractivity contribution in [2.75, 3.05) is 13.1 Å². The van der Waals surface area contributed by atoms with Crippen molar-refractivity contribution in [3.05, 3.63) is 0 Å². The van der Waals surface area contributed by atoms with Crippen molar-refractivity contribution in [3.8, 4) is 0 Å². The standard InChI is InChI=1S/C13H26N2/c1-12(2)7-6-10-15(12)11-13(14)8-4-3-5-9-13/h3-11,14H2,1-2H3. The van der Waals surface area contributed by atoms with E-state index >= 15 is 0 Å². The van der Waals surface area contributed by atoms with Crippen LogP contribution in [-0.2, 0) is 0 Å². The van der Waals surface area contributed by atoms with Gasteiger partial charge in [0.25, 0.3) is 0 Å². The lowest BCUT2D eigenvalue weighted by Gasteiger charge is -2.41. The Balaban J connectivity index is 1.95. The summed E-state index contributed by atoms with van der Waals surface area (Å²) in [4.78, 5) is 2.62. The van der Waals surface area contributed by atoms with Gasteiger partial charge in [0.15, 0.2) is 0 Å². The minimum absolute atomic E-state index is 0.125. The minimum atomic E-state index is 0.125. The molecule has 1 heterocycles. The van der Waals surface area contributed by atoms with Gasteiger partial charge in [-0.2, -0.15) is 0 Å². The van der Waals surface area contributed by atoms with E-state index in [0.29, 0.717) is 5.54 Å². The van der Waals surface area contributed by atoms with Gasteiger partial charge in [0.2, 0.25) is 0 Å². The maximum absolute atomic E-state index is 6.52. The van der Waals surface area contributed by atoms with Gasteiger partial charge >= 0.3 is 0 Å². The summed E-state index contributed by atoms with van der Waals surface area (Å²) in [6, 6.07) is 0. The Labute approximate surface area is 94.2 Å². The molecule has 2 aliphatic rings. The van der Waals surface area contributed by atoms with E-state index in [1.807, 2.05) is 0 Å². The molecule has 2 heteroatoms. The van der Waals surface area contributed by atoms with Crippen LogP contribution in [0.15, 0.2) is 0 Å². The Bertz CT molecular complexity index is 217. The lowest BCUT2D eigenvalue weighted by molar-refractivity contribution is 0.115. The molecule has 0 spiro atoms. The maximum atomic E-state index is 6.52. The third-order valence-corrected chi connectivity index (χ3v) is 4.43.